The van der Waals surface area contributed by atoms with Crippen LogP contribution in [0, 0.1) is 0 Å². The molecule has 0 spiro atoms. The molecule has 32 rings (SSSR count). The van der Waals surface area contributed by atoms with E-state index in [1.807, 2.05) is 24.3 Å². The van der Waals surface area contributed by atoms with E-state index in [1.165, 1.54) is 206 Å². The fourth-order valence-corrected chi connectivity index (χ4v) is 22.4. The minimum atomic E-state index is 0.792. The van der Waals surface area contributed by atoms with Crippen LogP contribution in [-0.4, -0.2) is 56.5 Å². The largest absolute Gasteiger partial charge is 0.443 e. The molecule has 0 radical (unpaired) electrons. The lowest BCUT2D eigenvalue weighted by Crippen LogP contribution is -1.95. The molecule has 0 aliphatic heterocycles. The highest BCUT2D eigenvalue weighted by Crippen LogP contribution is 2.49. The molecule has 0 amide bonds. The number of nitrogens with zero attached hydrogens (tertiary/aromatic N) is 12. The fourth-order valence-electron chi connectivity index (χ4n) is 22.4. The van der Waals surface area contributed by atoms with Gasteiger partial charge in [-0.3, -0.25) is 0 Å². The minimum absolute atomic E-state index is 0.792. The van der Waals surface area contributed by atoms with Gasteiger partial charge in [0.25, 0.3) is 0 Å². The number of rotatable bonds is 8. The molecule has 16 heteroatoms. The molecule has 12 aromatic heterocycles. The predicted molar refractivity (Wildman–Crippen MR) is 571 cm³/mol. The highest BCUT2D eigenvalue weighted by molar-refractivity contribution is 6.31. The van der Waals surface area contributed by atoms with E-state index in [2.05, 4.69) is 469 Å². The van der Waals surface area contributed by atoms with Gasteiger partial charge < -0.3 is 54.2 Å². The van der Waals surface area contributed by atoms with Crippen LogP contribution in [0.3, 0.4) is 0 Å². The molecular weight excluding hydrogens is 1720 g/mol. The summed E-state index contributed by atoms with van der Waals surface area (Å²) in [6.07, 6.45) is 6.01. The highest BCUT2D eigenvalue weighted by Gasteiger charge is 2.28. The van der Waals surface area contributed by atoms with E-state index in [0.717, 1.165) is 84.2 Å². The van der Waals surface area contributed by atoms with E-state index in [1.54, 1.807) is 0 Å². The summed E-state index contributed by atoms with van der Waals surface area (Å²) in [5.41, 5.74) is 34.6. The third-order valence-electron chi connectivity index (χ3n) is 28.2. The van der Waals surface area contributed by atoms with Crippen molar-refractivity contribution in [2.24, 2.45) is 0 Å². The maximum atomic E-state index is 5.52. The van der Waals surface area contributed by atoms with E-state index in [-0.39, 0.29) is 0 Å². The number of benzene rings is 20. The van der Waals surface area contributed by atoms with Crippen molar-refractivity contribution in [1.82, 2.24) is 56.5 Å². The molecule has 0 aliphatic carbocycles. The third-order valence-corrected chi connectivity index (χ3v) is 28.2. The molecule has 0 bridgehead atoms. The number of hydrogen-bond donors (Lipinski definition) is 0. The Hall–Kier alpha value is -19.3. The summed E-state index contributed by atoms with van der Waals surface area (Å²) in [5.74, 6) is 0. The molecule has 32 aromatic rings. The second-order valence-electron chi connectivity index (χ2n) is 35.6. The van der Waals surface area contributed by atoms with Crippen molar-refractivity contribution in [2.45, 2.75) is 0 Å². The van der Waals surface area contributed by atoms with E-state index >= 15 is 0 Å². The van der Waals surface area contributed by atoms with Crippen molar-refractivity contribution in [1.29, 1.82) is 0 Å². The van der Waals surface area contributed by atoms with Crippen LogP contribution in [0.2, 0.25) is 0 Å². The number of aromatic nitrogens is 12. The smallest absolute Gasteiger partial charge is 0.181 e. The van der Waals surface area contributed by atoms with Gasteiger partial charge in [0, 0.05) is 132 Å². The molecule has 12 heterocycles. The summed E-state index contributed by atoms with van der Waals surface area (Å²) in [6.45, 7) is 0. The van der Waals surface area contributed by atoms with Crippen molar-refractivity contribution in [2.75, 3.05) is 0 Å². The van der Waals surface area contributed by atoms with Crippen molar-refractivity contribution in [3.63, 3.8) is 0 Å². The van der Waals surface area contributed by atoms with Gasteiger partial charge in [0.2, 0.25) is 0 Å². The lowest BCUT2D eigenvalue weighted by Gasteiger charge is -2.10. The van der Waals surface area contributed by atoms with Gasteiger partial charge in [-0.1, -0.05) is 231 Å². The zero-order chi connectivity index (χ0) is 91.7. The van der Waals surface area contributed by atoms with Crippen LogP contribution in [0.5, 0.6) is 0 Å². The third kappa shape index (κ3) is 11.9. The average Bonchev–Trinajstić information content (AvgIpc) is 1.56. The van der Waals surface area contributed by atoms with Crippen molar-refractivity contribution < 1.29 is 17.7 Å². The fraction of sp³-hybridized carbons (Fsp3) is 0. The minimum Gasteiger partial charge on any atom is -0.443 e. The highest BCUT2D eigenvalue weighted by atomic mass is 16.3. The Kier molecular flexibility index (Phi) is 17.4. The molecule has 140 heavy (non-hydrogen) atoms. The molecule has 0 saturated heterocycles. The van der Waals surface area contributed by atoms with Gasteiger partial charge in [-0.25, -0.2) is 19.9 Å². The summed E-state index contributed by atoms with van der Waals surface area (Å²) < 4.78 is 40.9. The van der Waals surface area contributed by atoms with Crippen LogP contribution < -0.4 is 0 Å². The maximum Gasteiger partial charge on any atom is 0.181 e. The van der Waals surface area contributed by atoms with E-state index in [4.69, 9.17) is 17.7 Å². The van der Waals surface area contributed by atoms with Gasteiger partial charge in [0.1, 0.15) is 22.1 Å². The summed E-state index contributed by atoms with van der Waals surface area (Å²) in [5, 5.41) is 20.0. The van der Waals surface area contributed by atoms with Crippen LogP contribution in [0.15, 0.2) is 480 Å². The molecule has 656 valence electrons. The number of hydrogen-bond acceptors (Lipinski definition) is 8. The Morgan fingerprint density at radius 2 is 0.357 bits per heavy atom. The van der Waals surface area contributed by atoms with Gasteiger partial charge in [0.05, 0.1) is 88.3 Å². The summed E-state index contributed by atoms with van der Waals surface area (Å²) >= 11 is 0. The number of fused-ring (bicyclic) bond motifs is 31. The van der Waals surface area contributed by atoms with Gasteiger partial charge in [-0.2, -0.15) is 0 Å². The van der Waals surface area contributed by atoms with Crippen LogP contribution in [0.1, 0.15) is 0 Å². The second kappa shape index (κ2) is 31.1. The molecule has 0 unspecified atom stereocenters. The molecule has 0 saturated carbocycles. The Morgan fingerprint density at radius 1 is 0.136 bits per heavy atom. The normalized spacial score (nSPS) is 12.0. The lowest BCUT2D eigenvalue weighted by molar-refractivity contribution is 0.602. The van der Waals surface area contributed by atoms with Crippen LogP contribution >= 0.6 is 0 Å². The van der Waals surface area contributed by atoms with Crippen LogP contribution in [0.4, 0.5) is 0 Å². The van der Waals surface area contributed by atoms with Crippen molar-refractivity contribution in [3.8, 4) is 45.5 Å². The Labute approximate surface area is 795 Å². The lowest BCUT2D eigenvalue weighted by atomic mass is 10.1. The standard InChI is InChI=1S/4C31H19N3O/c1-2-8-20(9-3-1)34-26-12-6-4-10-22(26)23-15-16-28-30(31(23)34)24-11-5-7-13-27(24)33(28)21-14-17-29-25(18-21)32-19-35-29;1-2-8-20(9-3-1)33-27-13-7-5-11-24(27)30-28(33)16-15-23-22-10-4-6-12-26(22)34(31(23)30)21-14-17-29-25(18-21)32-19-35-29;1-2-8-20(9-3-1)33-25-12-6-4-10-22(25)30-27(33)15-16-28-31(30)23-11-5-7-13-26(23)34(28)21-14-17-29-24(18-21)32-19-35-29;1-2-8-20(9-3-1)33-27-12-6-4-10-22(27)24-17-25-23-11-5-7-13-28(23)34(30(25)18-29(24)33)21-14-15-31-26(16-21)32-19-35-31/h4*1-19H. The monoisotopic (exact) mass is 1800 g/mol. The summed E-state index contributed by atoms with van der Waals surface area (Å²) in [6, 6.07) is 155. The predicted octanol–water partition coefficient (Wildman–Crippen LogP) is 32.1. The van der Waals surface area contributed by atoms with Gasteiger partial charge >= 0.3 is 0 Å². The topological polar surface area (TPSA) is 144 Å². The second-order valence-corrected chi connectivity index (χ2v) is 35.6. The Balaban J connectivity index is 0.0000000896. The first kappa shape index (κ1) is 78.2. The molecule has 0 fully saturated rings. The Bertz CT molecular complexity index is 10500. The van der Waals surface area contributed by atoms with E-state index in [0.29, 0.717) is 0 Å². The van der Waals surface area contributed by atoms with Crippen LogP contribution in [-0.2, 0) is 0 Å². The first-order valence-electron chi connectivity index (χ1n) is 46.9. The average molecular weight is 1800 g/mol. The summed E-state index contributed by atoms with van der Waals surface area (Å²) in [4.78, 5) is 17.6. The zero-order valence-electron chi connectivity index (χ0n) is 74.9. The molecule has 16 nitrogen and oxygen atoms in total. The van der Waals surface area contributed by atoms with Gasteiger partial charge in [-0.15, -0.1) is 0 Å². The van der Waals surface area contributed by atoms with Crippen molar-refractivity contribution >= 4 is 219 Å². The number of para-hydroxylation sites is 12. The first-order chi connectivity index (χ1) is 69.5. The van der Waals surface area contributed by atoms with E-state index < -0.39 is 0 Å². The Morgan fingerprint density at radius 3 is 0.686 bits per heavy atom. The first-order valence-corrected chi connectivity index (χ1v) is 46.9. The van der Waals surface area contributed by atoms with Crippen LogP contribution in [0.25, 0.3) is 264 Å². The maximum absolute atomic E-state index is 5.52. The molecule has 20 aromatic carbocycles. The molecule has 0 aliphatic rings. The molecule has 0 atom stereocenters. The summed E-state index contributed by atoms with van der Waals surface area (Å²) in [7, 11) is 0. The molecular formula is C124H76N12O4. The zero-order valence-corrected chi connectivity index (χ0v) is 74.9. The molecule has 0 N–H and O–H groups in total. The van der Waals surface area contributed by atoms with Crippen molar-refractivity contribution in [3.05, 3.63) is 462 Å². The SMILES string of the molecule is c1ccc(-n2c3ccccc3c3c2ccc2c4ccccc4n(-c4ccc5ocnc5c4)c23)cc1.c1ccc(-n2c3ccccc3c3c4c5ccccc5n(-c5ccc6ocnc6c5)c4ccc32)cc1.c1ccc(-n2c3ccccc3c3cc4c5ccccc5n(-c5ccc6ocnc6c5)c4cc32)cc1.c1ccc(-n2c3ccccc3c3ccc4c(c5ccccc5n4-c4ccc5ocnc5c4)c32)cc1. The van der Waals surface area contributed by atoms with Gasteiger partial charge in [-0.05, 0) is 206 Å². The van der Waals surface area contributed by atoms with E-state index in [9.17, 15) is 0 Å². The quantitative estimate of drug-likeness (QED) is 0.146. The van der Waals surface area contributed by atoms with Gasteiger partial charge in [0.15, 0.2) is 47.9 Å². The number of oxazole rings is 4.